The molecule has 1 aliphatic heterocycles. The van der Waals surface area contributed by atoms with Crippen LogP contribution in [0.2, 0.25) is 0 Å². The molecule has 5 rings (SSSR count). The van der Waals surface area contributed by atoms with Crippen LogP contribution in [0.1, 0.15) is 38.5 Å². The van der Waals surface area contributed by atoms with Crippen LogP contribution in [0.3, 0.4) is 0 Å². The summed E-state index contributed by atoms with van der Waals surface area (Å²) in [5.41, 5.74) is -0.138. The second kappa shape index (κ2) is 4.40. The van der Waals surface area contributed by atoms with Crippen molar-refractivity contribution < 1.29 is 18.0 Å². The Morgan fingerprint density at radius 2 is 1.67 bits per heavy atom. The highest BCUT2D eigenvalue weighted by molar-refractivity contribution is 5.80. The summed E-state index contributed by atoms with van der Waals surface area (Å²) in [6, 6.07) is -0.411. The van der Waals surface area contributed by atoms with E-state index in [9.17, 15) is 18.0 Å². The Balaban J connectivity index is 1.55. The first-order chi connectivity index (χ1) is 9.89. The molecule has 0 atom stereocenters. The van der Waals surface area contributed by atoms with Crippen LogP contribution < -0.4 is 5.32 Å². The van der Waals surface area contributed by atoms with Gasteiger partial charge in [-0.05, 0) is 55.8 Å². The third kappa shape index (κ3) is 2.32. The molecule has 0 N–H and O–H groups in total. The van der Waals surface area contributed by atoms with Crippen molar-refractivity contribution in [1.82, 2.24) is 10.2 Å². The molecule has 4 fully saturated rings. The van der Waals surface area contributed by atoms with Gasteiger partial charge in [0, 0.05) is 12.2 Å². The highest BCUT2D eigenvalue weighted by atomic mass is 19.4. The summed E-state index contributed by atoms with van der Waals surface area (Å²) in [7, 11) is 0. The summed E-state index contributed by atoms with van der Waals surface area (Å²) >= 11 is 0. The fourth-order valence-corrected chi connectivity index (χ4v) is 5.28. The van der Waals surface area contributed by atoms with E-state index in [1.165, 1.54) is 17.5 Å². The first-order valence-electron chi connectivity index (χ1n) is 7.70. The third-order valence-corrected chi connectivity index (χ3v) is 5.63. The van der Waals surface area contributed by atoms with Crippen molar-refractivity contribution in [3.8, 4) is 0 Å². The summed E-state index contributed by atoms with van der Waals surface area (Å²) in [6.07, 6.45) is 1.77. The number of amides is 2. The van der Waals surface area contributed by atoms with Crippen molar-refractivity contribution in [3.63, 3.8) is 0 Å². The average molecular weight is 299 g/mol. The first-order valence-corrected chi connectivity index (χ1v) is 7.70. The van der Waals surface area contributed by atoms with Gasteiger partial charge in [0.2, 0.25) is 0 Å². The maximum absolute atomic E-state index is 12.5. The van der Waals surface area contributed by atoms with E-state index in [1.807, 2.05) is 0 Å². The fourth-order valence-electron chi connectivity index (χ4n) is 5.28. The van der Waals surface area contributed by atoms with E-state index in [-0.39, 0.29) is 11.7 Å². The minimum absolute atomic E-state index is 0.0831. The molecule has 1 radical (unpaired) electrons. The SMILES string of the molecule is O=C1[N]C(CC(F)(F)F)=CN1C1C2CC3CC(C2)CC1C3. The lowest BCUT2D eigenvalue weighted by Gasteiger charge is -2.55. The Labute approximate surface area is 121 Å². The monoisotopic (exact) mass is 299 g/mol. The van der Waals surface area contributed by atoms with Crippen molar-refractivity contribution >= 4 is 6.03 Å². The van der Waals surface area contributed by atoms with Gasteiger partial charge in [0.15, 0.2) is 0 Å². The minimum Gasteiger partial charge on any atom is -0.294 e. The van der Waals surface area contributed by atoms with Crippen LogP contribution in [0.5, 0.6) is 0 Å². The predicted octanol–water partition coefficient (Wildman–Crippen LogP) is 3.64. The van der Waals surface area contributed by atoms with Crippen LogP contribution in [0.4, 0.5) is 18.0 Å². The maximum Gasteiger partial charge on any atom is 0.394 e. The Bertz CT molecular complexity index is 472. The van der Waals surface area contributed by atoms with Crippen LogP contribution in [-0.4, -0.2) is 23.1 Å². The highest BCUT2D eigenvalue weighted by Crippen LogP contribution is 2.55. The lowest BCUT2D eigenvalue weighted by Crippen LogP contribution is -2.55. The topological polar surface area (TPSA) is 34.4 Å². The van der Waals surface area contributed by atoms with Gasteiger partial charge in [-0.2, -0.15) is 18.5 Å². The number of nitrogens with zero attached hydrogens (tertiary/aromatic N) is 2. The van der Waals surface area contributed by atoms with Gasteiger partial charge in [-0.1, -0.05) is 0 Å². The molecule has 3 nitrogen and oxygen atoms in total. The minimum atomic E-state index is -4.31. The Morgan fingerprint density at radius 3 is 2.19 bits per heavy atom. The number of urea groups is 1. The number of halogens is 3. The molecule has 0 aromatic carbocycles. The first kappa shape index (κ1) is 13.5. The zero-order chi connectivity index (χ0) is 14.8. The summed E-state index contributed by atoms with van der Waals surface area (Å²) in [4.78, 5) is 13.6. The molecule has 4 bridgehead atoms. The van der Waals surface area contributed by atoms with Crippen molar-refractivity contribution in [2.75, 3.05) is 0 Å². The molecular formula is C15H18F3N2O. The van der Waals surface area contributed by atoms with Gasteiger partial charge in [0.25, 0.3) is 0 Å². The smallest absolute Gasteiger partial charge is 0.294 e. The van der Waals surface area contributed by atoms with E-state index in [4.69, 9.17) is 0 Å². The molecule has 6 heteroatoms. The molecule has 2 amide bonds. The standard InChI is InChI=1S/C15H18F3N2O/c16-15(17,18)6-12-7-20(14(21)19-12)13-10-2-8-1-9(4-10)5-11(13)3-8/h7-11,13H,1-6H2. The zero-order valence-electron chi connectivity index (χ0n) is 11.6. The van der Waals surface area contributed by atoms with Gasteiger partial charge in [-0.3, -0.25) is 4.90 Å². The van der Waals surface area contributed by atoms with Crippen molar-refractivity contribution in [3.05, 3.63) is 11.9 Å². The molecule has 0 unspecified atom stereocenters. The molecule has 5 aliphatic rings. The summed E-state index contributed by atoms with van der Waals surface area (Å²) in [5.74, 6) is 2.47. The number of hydrogen-bond acceptors (Lipinski definition) is 1. The molecule has 4 saturated carbocycles. The molecule has 115 valence electrons. The van der Waals surface area contributed by atoms with E-state index >= 15 is 0 Å². The summed E-state index contributed by atoms with van der Waals surface area (Å²) in [6.45, 7) is 0. The number of carbonyl (C=O) groups is 1. The normalized spacial score (nSPS) is 41.5. The van der Waals surface area contributed by atoms with E-state index in [2.05, 4.69) is 5.32 Å². The van der Waals surface area contributed by atoms with Gasteiger partial charge in [-0.15, -0.1) is 0 Å². The molecule has 0 aromatic heterocycles. The van der Waals surface area contributed by atoms with Crippen LogP contribution in [0, 0.1) is 23.7 Å². The van der Waals surface area contributed by atoms with Gasteiger partial charge >= 0.3 is 12.2 Å². The van der Waals surface area contributed by atoms with Crippen LogP contribution in [0.25, 0.3) is 0 Å². The molecule has 0 aromatic rings. The average Bonchev–Trinajstić information content (AvgIpc) is 2.66. The van der Waals surface area contributed by atoms with Gasteiger partial charge in [0.05, 0.1) is 12.1 Å². The lowest BCUT2D eigenvalue weighted by atomic mass is 9.54. The summed E-state index contributed by atoms with van der Waals surface area (Å²) in [5, 5.41) is 3.62. The number of rotatable bonds is 2. The van der Waals surface area contributed by atoms with Crippen molar-refractivity contribution in [2.45, 2.75) is 50.7 Å². The van der Waals surface area contributed by atoms with Crippen molar-refractivity contribution in [1.29, 1.82) is 0 Å². The number of allylic oxidation sites excluding steroid dienone is 1. The zero-order valence-corrected chi connectivity index (χ0v) is 11.6. The van der Waals surface area contributed by atoms with Crippen LogP contribution >= 0.6 is 0 Å². The van der Waals surface area contributed by atoms with Crippen LogP contribution in [-0.2, 0) is 0 Å². The molecule has 0 spiro atoms. The third-order valence-electron chi connectivity index (χ3n) is 5.63. The lowest BCUT2D eigenvalue weighted by molar-refractivity contribution is -0.127. The van der Waals surface area contributed by atoms with Crippen molar-refractivity contribution in [2.24, 2.45) is 23.7 Å². The number of alkyl halides is 3. The Kier molecular flexibility index (Phi) is 2.82. The van der Waals surface area contributed by atoms with Crippen LogP contribution in [0.15, 0.2) is 11.9 Å². The number of carbonyl (C=O) groups excluding carboxylic acids is 1. The largest absolute Gasteiger partial charge is 0.394 e. The van der Waals surface area contributed by atoms with Gasteiger partial charge < -0.3 is 0 Å². The highest BCUT2D eigenvalue weighted by Gasteiger charge is 2.52. The summed E-state index contributed by atoms with van der Waals surface area (Å²) < 4.78 is 37.4. The van der Waals surface area contributed by atoms with E-state index in [0.29, 0.717) is 11.8 Å². The molecule has 4 aliphatic carbocycles. The molecule has 1 heterocycles. The predicted molar refractivity (Wildman–Crippen MR) is 69.0 cm³/mol. The molecule has 0 saturated heterocycles. The van der Waals surface area contributed by atoms with E-state index in [0.717, 1.165) is 37.5 Å². The fraction of sp³-hybridized carbons (Fsp3) is 0.800. The quantitative estimate of drug-likeness (QED) is 0.766. The maximum atomic E-state index is 12.5. The molecule has 21 heavy (non-hydrogen) atoms. The van der Waals surface area contributed by atoms with E-state index < -0.39 is 18.6 Å². The second-order valence-electron chi connectivity index (χ2n) is 7.14. The number of hydrogen-bond donors (Lipinski definition) is 0. The Hall–Kier alpha value is -1.20. The van der Waals surface area contributed by atoms with E-state index in [1.54, 1.807) is 0 Å². The van der Waals surface area contributed by atoms with Gasteiger partial charge in [0.1, 0.15) is 0 Å². The Morgan fingerprint density at radius 1 is 1.10 bits per heavy atom. The van der Waals surface area contributed by atoms with Gasteiger partial charge in [-0.25, -0.2) is 4.79 Å². The second-order valence-corrected chi connectivity index (χ2v) is 7.14. The molecular weight excluding hydrogens is 281 g/mol.